The van der Waals surface area contributed by atoms with E-state index in [1.165, 1.54) is 0 Å². The van der Waals surface area contributed by atoms with Gasteiger partial charge in [-0.05, 0) is 40.5 Å². The van der Waals surface area contributed by atoms with Gasteiger partial charge in [0.25, 0.3) is 5.91 Å². The highest BCUT2D eigenvalue weighted by Crippen LogP contribution is 2.25. The Morgan fingerprint density at radius 1 is 1.40 bits per heavy atom. The lowest BCUT2D eigenvalue weighted by molar-refractivity contribution is -0.0387. The molecule has 25 heavy (non-hydrogen) atoms. The van der Waals surface area contributed by atoms with E-state index in [-0.39, 0.29) is 18.0 Å². The predicted octanol–water partition coefficient (Wildman–Crippen LogP) is 1.21. The molecule has 1 amide bonds. The Balaban J connectivity index is 1.77. The van der Waals surface area contributed by atoms with Crippen molar-refractivity contribution in [2.75, 3.05) is 13.1 Å². The van der Waals surface area contributed by atoms with Gasteiger partial charge in [-0.25, -0.2) is 4.68 Å². The predicted molar refractivity (Wildman–Crippen MR) is 92.1 cm³/mol. The van der Waals surface area contributed by atoms with Gasteiger partial charge in [-0.3, -0.25) is 9.48 Å². The number of aromatic nitrogens is 5. The molecule has 3 heterocycles. The Hall–Kier alpha value is -2.22. The van der Waals surface area contributed by atoms with Crippen LogP contribution < -0.4 is 0 Å². The molecule has 1 N–H and O–H groups in total. The van der Waals surface area contributed by atoms with Gasteiger partial charge < -0.3 is 10.0 Å². The maximum absolute atomic E-state index is 13.0. The van der Waals surface area contributed by atoms with Crippen molar-refractivity contribution in [2.45, 2.75) is 58.2 Å². The first-order valence-corrected chi connectivity index (χ1v) is 8.60. The second-order valence-corrected chi connectivity index (χ2v) is 7.90. The van der Waals surface area contributed by atoms with Crippen LogP contribution >= 0.6 is 0 Å². The number of β-amino-alcohol motifs (C(OH)–C–C–N with tert-alkyl or cyclic N) is 1. The van der Waals surface area contributed by atoms with Gasteiger partial charge in [0.05, 0.1) is 36.1 Å². The highest BCUT2D eigenvalue weighted by Gasteiger charge is 2.37. The van der Waals surface area contributed by atoms with Gasteiger partial charge in [-0.2, -0.15) is 5.10 Å². The normalized spacial score (nSPS) is 21.6. The Morgan fingerprint density at radius 2 is 2.16 bits per heavy atom. The van der Waals surface area contributed by atoms with Crippen LogP contribution in [0.15, 0.2) is 18.6 Å². The van der Waals surface area contributed by atoms with Gasteiger partial charge in [0, 0.05) is 18.9 Å². The second-order valence-electron chi connectivity index (χ2n) is 7.90. The average molecular weight is 346 g/mol. The van der Waals surface area contributed by atoms with E-state index in [0.717, 1.165) is 6.42 Å². The van der Waals surface area contributed by atoms with Crippen molar-refractivity contribution in [2.24, 2.45) is 0 Å². The van der Waals surface area contributed by atoms with Crippen LogP contribution in [0.4, 0.5) is 0 Å². The standard InChI is InChI=1S/C17H26N6O2/c1-13-14(10-23(19-13)16(2,3)4)15(24)21-8-5-6-17(25,11-21)12-22-9-7-18-20-22/h7,9-10,25H,5-6,8,11-12H2,1-4H3. The number of aliphatic hydroxyl groups is 1. The number of aryl methyl sites for hydroxylation is 1. The van der Waals surface area contributed by atoms with Crippen molar-refractivity contribution in [3.63, 3.8) is 0 Å². The maximum atomic E-state index is 13.0. The molecule has 3 rings (SSSR count). The smallest absolute Gasteiger partial charge is 0.257 e. The Morgan fingerprint density at radius 3 is 2.76 bits per heavy atom. The van der Waals surface area contributed by atoms with Crippen LogP contribution in [-0.2, 0) is 12.1 Å². The van der Waals surface area contributed by atoms with Crippen LogP contribution in [0.5, 0.6) is 0 Å². The number of hydrogen-bond donors (Lipinski definition) is 1. The van der Waals surface area contributed by atoms with Gasteiger partial charge in [0.2, 0.25) is 0 Å². The summed E-state index contributed by atoms with van der Waals surface area (Å²) in [6.45, 7) is 9.24. The topological polar surface area (TPSA) is 89.1 Å². The maximum Gasteiger partial charge on any atom is 0.257 e. The minimum atomic E-state index is -0.991. The molecule has 0 bridgehead atoms. The summed E-state index contributed by atoms with van der Waals surface area (Å²) in [6, 6.07) is 0. The van der Waals surface area contributed by atoms with Crippen LogP contribution in [0.25, 0.3) is 0 Å². The lowest BCUT2D eigenvalue weighted by Gasteiger charge is -2.39. The lowest BCUT2D eigenvalue weighted by atomic mass is 9.92. The summed E-state index contributed by atoms with van der Waals surface area (Å²) in [5.41, 5.74) is 0.138. The van der Waals surface area contributed by atoms with Crippen LogP contribution in [0.1, 0.15) is 49.7 Å². The minimum absolute atomic E-state index is 0.0790. The van der Waals surface area contributed by atoms with Crippen molar-refractivity contribution in [1.29, 1.82) is 0 Å². The third kappa shape index (κ3) is 3.73. The number of carbonyl (C=O) groups excluding carboxylic acids is 1. The molecule has 1 aliphatic rings. The summed E-state index contributed by atoms with van der Waals surface area (Å²) in [5.74, 6) is -0.0790. The molecule has 0 spiro atoms. The van der Waals surface area contributed by atoms with Gasteiger partial charge >= 0.3 is 0 Å². The number of rotatable bonds is 3. The molecule has 0 radical (unpaired) electrons. The molecule has 2 aromatic heterocycles. The average Bonchev–Trinajstić information content (AvgIpc) is 3.15. The molecular formula is C17H26N6O2. The van der Waals surface area contributed by atoms with E-state index >= 15 is 0 Å². The molecule has 136 valence electrons. The molecule has 0 aliphatic carbocycles. The van der Waals surface area contributed by atoms with Gasteiger partial charge in [0.15, 0.2) is 0 Å². The molecule has 1 fully saturated rings. The number of piperidine rings is 1. The highest BCUT2D eigenvalue weighted by molar-refractivity contribution is 5.95. The summed E-state index contributed by atoms with van der Waals surface area (Å²) in [7, 11) is 0. The summed E-state index contributed by atoms with van der Waals surface area (Å²) in [6.07, 6.45) is 6.50. The van der Waals surface area contributed by atoms with Crippen molar-refractivity contribution < 1.29 is 9.90 Å². The molecule has 1 saturated heterocycles. The zero-order chi connectivity index (χ0) is 18.2. The largest absolute Gasteiger partial charge is 0.386 e. The number of amides is 1. The third-order valence-electron chi connectivity index (χ3n) is 4.59. The van der Waals surface area contributed by atoms with E-state index in [4.69, 9.17) is 0 Å². The van der Waals surface area contributed by atoms with Crippen molar-refractivity contribution in [3.05, 3.63) is 29.8 Å². The molecular weight excluding hydrogens is 320 g/mol. The fourth-order valence-corrected chi connectivity index (χ4v) is 3.22. The molecule has 8 heteroatoms. The van der Waals surface area contributed by atoms with E-state index in [0.29, 0.717) is 30.8 Å². The van der Waals surface area contributed by atoms with E-state index in [1.54, 1.807) is 22.0 Å². The van der Waals surface area contributed by atoms with Crippen molar-refractivity contribution >= 4 is 5.91 Å². The van der Waals surface area contributed by atoms with E-state index in [2.05, 4.69) is 15.4 Å². The number of carbonyl (C=O) groups is 1. The molecule has 1 unspecified atom stereocenters. The molecule has 2 aromatic rings. The zero-order valence-electron chi connectivity index (χ0n) is 15.3. The molecule has 8 nitrogen and oxygen atoms in total. The third-order valence-corrected chi connectivity index (χ3v) is 4.59. The van der Waals surface area contributed by atoms with Gasteiger partial charge in [-0.1, -0.05) is 5.21 Å². The molecule has 1 aliphatic heterocycles. The number of nitrogens with zero attached hydrogens (tertiary/aromatic N) is 6. The minimum Gasteiger partial charge on any atom is -0.386 e. The van der Waals surface area contributed by atoms with Crippen molar-refractivity contribution in [3.8, 4) is 0 Å². The summed E-state index contributed by atoms with van der Waals surface area (Å²) in [4.78, 5) is 14.7. The second kappa shape index (κ2) is 6.25. The number of likely N-dealkylation sites (tertiary alicyclic amines) is 1. The quantitative estimate of drug-likeness (QED) is 0.902. The molecule has 0 saturated carbocycles. The Labute approximate surface area is 147 Å². The fraction of sp³-hybridized carbons (Fsp3) is 0.647. The van der Waals surface area contributed by atoms with Gasteiger partial charge in [-0.15, -0.1) is 5.10 Å². The Bertz CT molecular complexity index is 746. The zero-order valence-corrected chi connectivity index (χ0v) is 15.3. The first-order valence-electron chi connectivity index (χ1n) is 8.60. The van der Waals surface area contributed by atoms with E-state index < -0.39 is 5.60 Å². The Kier molecular flexibility index (Phi) is 4.40. The van der Waals surface area contributed by atoms with Crippen LogP contribution in [0, 0.1) is 6.92 Å². The highest BCUT2D eigenvalue weighted by atomic mass is 16.3. The fourth-order valence-electron chi connectivity index (χ4n) is 3.22. The lowest BCUT2D eigenvalue weighted by Crippen LogP contribution is -2.52. The molecule has 0 aromatic carbocycles. The summed E-state index contributed by atoms with van der Waals surface area (Å²) < 4.78 is 3.43. The van der Waals surface area contributed by atoms with E-state index in [1.807, 2.05) is 38.6 Å². The SMILES string of the molecule is Cc1nn(C(C)(C)C)cc1C(=O)N1CCCC(O)(Cn2ccnn2)C1. The van der Waals surface area contributed by atoms with Crippen LogP contribution in [0.2, 0.25) is 0 Å². The van der Waals surface area contributed by atoms with Crippen LogP contribution in [0.3, 0.4) is 0 Å². The monoisotopic (exact) mass is 346 g/mol. The summed E-state index contributed by atoms with van der Waals surface area (Å²) in [5, 5.41) is 23.1. The van der Waals surface area contributed by atoms with E-state index in [9.17, 15) is 9.90 Å². The first kappa shape index (κ1) is 17.6. The molecule has 1 atom stereocenters. The van der Waals surface area contributed by atoms with Gasteiger partial charge in [0.1, 0.15) is 5.60 Å². The summed E-state index contributed by atoms with van der Waals surface area (Å²) >= 11 is 0. The number of hydrogen-bond acceptors (Lipinski definition) is 5. The van der Waals surface area contributed by atoms with Crippen LogP contribution in [-0.4, -0.2) is 59.4 Å². The van der Waals surface area contributed by atoms with Crippen molar-refractivity contribution in [1.82, 2.24) is 29.7 Å². The first-order chi connectivity index (χ1) is 11.7.